The van der Waals surface area contributed by atoms with Crippen molar-refractivity contribution in [3.05, 3.63) is 24.3 Å². The van der Waals surface area contributed by atoms with Crippen LogP contribution in [-0.4, -0.2) is 95.4 Å². The van der Waals surface area contributed by atoms with E-state index in [1.165, 1.54) is 263 Å². The predicted octanol–water partition coefficient (Wildman–Crippen LogP) is 17.9. The number of allylic oxidation sites excluding steroid dienone is 4. The number of ether oxygens (including phenoxy) is 2. The highest BCUT2D eigenvalue weighted by molar-refractivity contribution is 7.80. The molecule has 13 heteroatoms. The Labute approximate surface area is 499 Å². The lowest BCUT2D eigenvalue weighted by atomic mass is 9.99. The number of carbonyl (C=O) groups excluding carboxylic acids is 1. The maximum absolute atomic E-state index is 13.2. The standard InChI is InChI=1S/C68H131NO11S/c1-3-5-7-9-11-13-15-17-19-20-21-22-23-24-25-26-27-28-29-30-31-32-33-34-35-36-37-38-39-40-41-42-44-46-48-50-52-54-56-58-64(72)69-61(60-78-68-66(74)67(80-81(75,76)77)65(73)63(59-70)79-68)62(71)57-55-53-51-49-47-45-43-18-16-14-12-10-8-6-4-2/h27-28,30-31,61-63,65-68,70-71,73-74H,3-26,29,32-60H2,1-2H3,(H,69,72)(H,75,76,77)/b28-27-,31-30-. The molecule has 0 aromatic rings. The zero-order valence-corrected chi connectivity index (χ0v) is 53.4. The van der Waals surface area contributed by atoms with E-state index in [0.29, 0.717) is 12.8 Å². The smallest absolute Gasteiger partial charge is 0.394 e. The molecule has 1 aliphatic heterocycles. The van der Waals surface area contributed by atoms with Crippen LogP contribution in [0.2, 0.25) is 0 Å². The van der Waals surface area contributed by atoms with Crippen molar-refractivity contribution in [3.8, 4) is 0 Å². The van der Waals surface area contributed by atoms with Crippen molar-refractivity contribution in [3.63, 3.8) is 0 Å². The van der Waals surface area contributed by atoms with Crippen LogP contribution in [0.25, 0.3) is 0 Å². The molecule has 0 aromatic carbocycles. The first kappa shape index (κ1) is 77.6. The second-order valence-corrected chi connectivity index (χ2v) is 25.5. The number of hydrogen-bond donors (Lipinski definition) is 6. The van der Waals surface area contributed by atoms with E-state index in [1.54, 1.807) is 0 Å². The van der Waals surface area contributed by atoms with Gasteiger partial charge in [-0.1, -0.05) is 321 Å². The zero-order chi connectivity index (χ0) is 59.0. The first-order valence-electron chi connectivity index (χ1n) is 34.7. The van der Waals surface area contributed by atoms with Crippen LogP contribution in [0.4, 0.5) is 0 Å². The molecule has 0 aromatic heterocycles. The van der Waals surface area contributed by atoms with E-state index in [9.17, 15) is 38.2 Å². The fourth-order valence-corrected chi connectivity index (χ4v) is 11.9. The van der Waals surface area contributed by atoms with Gasteiger partial charge in [0.15, 0.2) is 6.29 Å². The summed E-state index contributed by atoms with van der Waals surface area (Å²) in [4.78, 5) is 13.2. The number of unbranched alkanes of at least 4 members (excludes halogenated alkanes) is 46. The average Bonchev–Trinajstić information content (AvgIpc) is 3.51. The third kappa shape index (κ3) is 49.4. The third-order valence-electron chi connectivity index (χ3n) is 16.8. The molecule has 0 aliphatic carbocycles. The van der Waals surface area contributed by atoms with Crippen molar-refractivity contribution in [2.75, 3.05) is 13.2 Å². The summed E-state index contributed by atoms with van der Waals surface area (Å²) in [7, 11) is -5.08. The van der Waals surface area contributed by atoms with E-state index in [2.05, 4.69) is 47.7 Å². The van der Waals surface area contributed by atoms with Gasteiger partial charge in [0.05, 0.1) is 25.4 Å². The Bertz CT molecular complexity index is 1520. The quantitative estimate of drug-likeness (QED) is 0.0193. The second kappa shape index (κ2) is 57.6. The van der Waals surface area contributed by atoms with Gasteiger partial charge in [-0.15, -0.1) is 0 Å². The minimum Gasteiger partial charge on any atom is -0.394 e. The summed E-state index contributed by atoms with van der Waals surface area (Å²) in [5.41, 5.74) is 0. The predicted molar refractivity (Wildman–Crippen MR) is 338 cm³/mol. The summed E-state index contributed by atoms with van der Waals surface area (Å²) >= 11 is 0. The first-order chi connectivity index (χ1) is 39.5. The Morgan fingerprint density at radius 1 is 0.494 bits per heavy atom. The van der Waals surface area contributed by atoms with Gasteiger partial charge in [-0.3, -0.25) is 9.35 Å². The summed E-state index contributed by atoms with van der Waals surface area (Å²) in [5, 5.41) is 45.2. The topological polar surface area (TPSA) is 192 Å². The van der Waals surface area contributed by atoms with E-state index in [4.69, 9.17) is 9.47 Å². The van der Waals surface area contributed by atoms with Crippen molar-refractivity contribution < 1.29 is 51.8 Å². The molecule has 1 aliphatic rings. The molecule has 0 spiro atoms. The van der Waals surface area contributed by atoms with Gasteiger partial charge in [0.25, 0.3) is 0 Å². The molecule has 1 saturated heterocycles. The van der Waals surface area contributed by atoms with E-state index in [-0.39, 0.29) is 12.5 Å². The minimum atomic E-state index is -5.08. The molecule has 0 radical (unpaired) electrons. The average molecular weight is 1170 g/mol. The maximum atomic E-state index is 13.2. The van der Waals surface area contributed by atoms with Gasteiger partial charge in [-0.2, -0.15) is 8.42 Å². The Balaban J connectivity index is 2.14. The maximum Gasteiger partial charge on any atom is 0.397 e. The molecule has 1 amide bonds. The number of hydrogen-bond acceptors (Lipinski definition) is 10. The lowest BCUT2D eigenvalue weighted by Gasteiger charge is -2.41. The second-order valence-electron chi connectivity index (χ2n) is 24.5. The Morgan fingerprint density at radius 3 is 1.17 bits per heavy atom. The third-order valence-corrected chi connectivity index (χ3v) is 17.2. The number of nitrogens with one attached hydrogen (secondary N) is 1. The summed E-state index contributed by atoms with van der Waals surface area (Å²) in [6.07, 6.45) is 65.2. The molecule has 81 heavy (non-hydrogen) atoms. The molecule has 7 atom stereocenters. The number of aliphatic hydroxyl groups excluding tert-OH is 4. The van der Waals surface area contributed by atoms with Gasteiger partial charge in [-0.05, 0) is 44.9 Å². The highest BCUT2D eigenvalue weighted by atomic mass is 32.3. The Hall–Kier alpha value is -1.42. The highest BCUT2D eigenvalue weighted by Gasteiger charge is 2.48. The van der Waals surface area contributed by atoms with Crippen LogP contribution in [0.1, 0.15) is 348 Å². The minimum absolute atomic E-state index is 0.224. The van der Waals surface area contributed by atoms with E-state index < -0.39 is 59.9 Å². The molecule has 480 valence electrons. The molecule has 7 unspecified atom stereocenters. The van der Waals surface area contributed by atoms with Gasteiger partial charge in [-0.25, -0.2) is 4.18 Å². The summed E-state index contributed by atoms with van der Waals surface area (Å²) in [5.74, 6) is -0.224. The van der Waals surface area contributed by atoms with Crippen LogP contribution in [0, 0.1) is 0 Å². The SMILES string of the molecule is CCCCCCCCCCCCCCCCC/C=C\C/C=C\CCCCCCCCCCCCCCCCCCCC(=O)NC(COC1OC(CO)C(O)C(OS(=O)(=O)O)C1O)C(O)CCCCCCCCCCCCCCCCC. The monoisotopic (exact) mass is 1170 g/mol. The highest BCUT2D eigenvalue weighted by Crippen LogP contribution is 2.27. The van der Waals surface area contributed by atoms with Crippen LogP contribution in [0.5, 0.6) is 0 Å². The van der Waals surface area contributed by atoms with Crippen molar-refractivity contribution in [2.45, 2.75) is 391 Å². The van der Waals surface area contributed by atoms with Gasteiger partial charge >= 0.3 is 10.4 Å². The molecular weight excluding hydrogens is 1040 g/mol. The molecule has 0 saturated carbocycles. The lowest BCUT2D eigenvalue weighted by Crippen LogP contribution is -2.61. The van der Waals surface area contributed by atoms with Crippen molar-refractivity contribution >= 4 is 16.3 Å². The molecule has 1 fully saturated rings. The van der Waals surface area contributed by atoms with Crippen LogP contribution < -0.4 is 5.32 Å². The number of carbonyl (C=O) groups is 1. The summed E-state index contributed by atoms with van der Waals surface area (Å²) < 4.78 is 48.0. The Kier molecular flexibility index (Phi) is 55.2. The van der Waals surface area contributed by atoms with Gasteiger partial charge in [0.1, 0.15) is 24.4 Å². The molecule has 1 rings (SSSR count). The summed E-state index contributed by atoms with van der Waals surface area (Å²) in [6.45, 7) is 3.50. The molecule has 6 N–H and O–H groups in total. The largest absolute Gasteiger partial charge is 0.397 e. The van der Waals surface area contributed by atoms with Crippen LogP contribution in [0.3, 0.4) is 0 Å². The molecule has 1 heterocycles. The first-order valence-corrected chi connectivity index (χ1v) is 36.1. The van der Waals surface area contributed by atoms with Gasteiger partial charge in [0.2, 0.25) is 5.91 Å². The number of rotatable bonds is 62. The van der Waals surface area contributed by atoms with Gasteiger partial charge in [0, 0.05) is 6.42 Å². The van der Waals surface area contributed by atoms with E-state index in [0.717, 1.165) is 57.8 Å². The van der Waals surface area contributed by atoms with Crippen LogP contribution >= 0.6 is 0 Å². The van der Waals surface area contributed by atoms with Crippen LogP contribution in [0.15, 0.2) is 24.3 Å². The van der Waals surface area contributed by atoms with Gasteiger partial charge < -0.3 is 35.2 Å². The van der Waals surface area contributed by atoms with Crippen LogP contribution in [-0.2, 0) is 28.9 Å². The number of aliphatic hydroxyl groups is 4. The Morgan fingerprint density at radius 2 is 0.827 bits per heavy atom. The van der Waals surface area contributed by atoms with E-state index >= 15 is 0 Å². The fraction of sp³-hybridized carbons (Fsp3) is 0.926. The lowest BCUT2D eigenvalue weighted by molar-refractivity contribution is -0.298. The summed E-state index contributed by atoms with van der Waals surface area (Å²) in [6, 6.07) is -0.857. The molecular formula is C68H131NO11S. The normalized spacial score (nSPS) is 18.6. The zero-order valence-electron chi connectivity index (χ0n) is 52.6. The fourth-order valence-electron chi connectivity index (χ4n) is 11.4. The molecule has 12 nitrogen and oxygen atoms in total. The van der Waals surface area contributed by atoms with E-state index in [1.807, 2.05) is 0 Å². The van der Waals surface area contributed by atoms with Crippen molar-refractivity contribution in [1.82, 2.24) is 5.32 Å². The van der Waals surface area contributed by atoms with Crippen molar-refractivity contribution in [1.29, 1.82) is 0 Å². The number of amides is 1. The van der Waals surface area contributed by atoms with Crippen molar-refractivity contribution in [2.24, 2.45) is 0 Å². The molecule has 0 bridgehead atoms.